The Labute approximate surface area is 197 Å². The summed E-state index contributed by atoms with van der Waals surface area (Å²) < 4.78 is 16.6. The smallest absolute Gasteiger partial charge is 0.222 e. The maximum Gasteiger partial charge on any atom is 0.222 e. The fraction of sp³-hybridized carbons (Fsp3) is 0.269. The van der Waals surface area contributed by atoms with Crippen LogP contribution in [-0.2, 0) is 0 Å². The van der Waals surface area contributed by atoms with E-state index in [0.29, 0.717) is 28.4 Å². The fourth-order valence-corrected chi connectivity index (χ4v) is 4.39. The molecule has 34 heavy (non-hydrogen) atoms. The van der Waals surface area contributed by atoms with Crippen LogP contribution in [0.2, 0.25) is 0 Å². The monoisotopic (exact) mass is 456 g/mol. The van der Waals surface area contributed by atoms with Crippen molar-refractivity contribution in [3.8, 4) is 28.1 Å². The molecule has 1 aliphatic heterocycles. The van der Waals surface area contributed by atoms with Crippen LogP contribution in [0.25, 0.3) is 32.9 Å². The van der Waals surface area contributed by atoms with Crippen molar-refractivity contribution >= 4 is 17.3 Å². The first-order valence-electron chi connectivity index (χ1n) is 11.2. The number of piperidine rings is 1. The minimum atomic E-state index is -0.603. The SMILES string of the molecule is [C-]#[N+]c1ccc(-c2nc(N3CCC(C)(N)CC3)n3ccnc3c2-c2ccc(C)c(O)c2)cc1F. The predicted octanol–water partition coefficient (Wildman–Crippen LogP) is 5.08. The Balaban J connectivity index is 1.77. The van der Waals surface area contributed by atoms with Crippen molar-refractivity contribution in [2.45, 2.75) is 32.2 Å². The first kappa shape index (κ1) is 21.9. The number of phenolic OH excluding ortho intramolecular Hbond substituents is 1. The summed E-state index contributed by atoms with van der Waals surface area (Å²) in [6.07, 6.45) is 5.21. The fourth-order valence-electron chi connectivity index (χ4n) is 4.39. The van der Waals surface area contributed by atoms with E-state index in [9.17, 15) is 9.50 Å². The number of hydrogen-bond acceptors (Lipinski definition) is 5. The normalized spacial score (nSPS) is 15.4. The van der Waals surface area contributed by atoms with Gasteiger partial charge in [-0.3, -0.25) is 4.40 Å². The summed E-state index contributed by atoms with van der Waals surface area (Å²) in [5.41, 5.74) is 9.96. The number of aromatic nitrogens is 3. The van der Waals surface area contributed by atoms with Gasteiger partial charge in [0.05, 0.1) is 17.8 Å². The van der Waals surface area contributed by atoms with Crippen LogP contribution in [0.4, 0.5) is 16.0 Å². The lowest BCUT2D eigenvalue weighted by Crippen LogP contribution is -2.48. The van der Waals surface area contributed by atoms with E-state index in [1.807, 2.05) is 29.7 Å². The molecule has 3 heterocycles. The second-order valence-electron chi connectivity index (χ2n) is 9.18. The first-order chi connectivity index (χ1) is 16.3. The number of halogens is 1. The molecular formula is C26H25FN6O. The van der Waals surface area contributed by atoms with E-state index in [2.05, 4.69) is 21.7 Å². The van der Waals surface area contributed by atoms with Gasteiger partial charge in [-0.05, 0) is 49.9 Å². The Morgan fingerprint density at radius 2 is 1.88 bits per heavy atom. The molecule has 2 aromatic carbocycles. The molecule has 0 spiro atoms. The van der Waals surface area contributed by atoms with Crippen LogP contribution in [0.5, 0.6) is 5.75 Å². The van der Waals surface area contributed by atoms with E-state index in [4.69, 9.17) is 17.3 Å². The number of nitrogens with two attached hydrogens (primary N) is 1. The van der Waals surface area contributed by atoms with Crippen molar-refractivity contribution in [1.29, 1.82) is 0 Å². The standard InChI is InChI=1S/C26H25FN6O/c1-16-4-5-17(15-21(16)34)22-23(18-6-7-20(29-3)19(27)14-18)31-25(33-13-10-30-24(22)33)32-11-8-26(2,28)9-12-32/h4-7,10,13-15,34H,8-9,11-12,28H2,1-2H3. The minimum Gasteiger partial charge on any atom is -0.508 e. The highest BCUT2D eigenvalue weighted by Gasteiger charge is 2.29. The van der Waals surface area contributed by atoms with Gasteiger partial charge in [0.1, 0.15) is 17.2 Å². The van der Waals surface area contributed by atoms with Crippen molar-refractivity contribution in [3.05, 3.63) is 71.6 Å². The number of anilines is 1. The third-order valence-electron chi connectivity index (χ3n) is 6.56. The van der Waals surface area contributed by atoms with Crippen LogP contribution >= 0.6 is 0 Å². The Hall–Kier alpha value is -3.96. The molecule has 172 valence electrons. The molecule has 4 aromatic rings. The summed E-state index contributed by atoms with van der Waals surface area (Å²) in [4.78, 5) is 15.1. The Bertz CT molecular complexity index is 1440. The van der Waals surface area contributed by atoms with Crippen molar-refractivity contribution < 1.29 is 9.50 Å². The molecule has 3 N–H and O–H groups in total. The molecule has 0 unspecified atom stereocenters. The molecule has 1 fully saturated rings. The molecule has 7 nitrogen and oxygen atoms in total. The van der Waals surface area contributed by atoms with Crippen LogP contribution in [0.15, 0.2) is 48.8 Å². The highest BCUT2D eigenvalue weighted by atomic mass is 19.1. The molecule has 1 aliphatic rings. The number of phenols is 1. The van der Waals surface area contributed by atoms with E-state index in [0.717, 1.165) is 37.1 Å². The van der Waals surface area contributed by atoms with E-state index in [-0.39, 0.29) is 17.0 Å². The van der Waals surface area contributed by atoms with E-state index in [1.165, 1.54) is 12.1 Å². The largest absolute Gasteiger partial charge is 0.508 e. The van der Waals surface area contributed by atoms with Gasteiger partial charge in [0, 0.05) is 36.6 Å². The van der Waals surface area contributed by atoms with Crippen molar-refractivity contribution in [2.75, 3.05) is 18.0 Å². The van der Waals surface area contributed by atoms with Gasteiger partial charge >= 0.3 is 0 Å². The molecular weight excluding hydrogens is 431 g/mol. The lowest BCUT2D eigenvalue weighted by molar-refractivity contribution is 0.361. The number of aromatic hydroxyl groups is 1. The molecule has 0 saturated carbocycles. The van der Waals surface area contributed by atoms with Crippen LogP contribution in [0, 0.1) is 19.3 Å². The second-order valence-corrected chi connectivity index (χ2v) is 9.18. The van der Waals surface area contributed by atoms with Gasteiger partial charge in [0.15, 0.2) is 0 Å². The minimum absolute atomic E-state index is 0.0429. The average molecular weight is 457 g/mol. The predicted molar refractivity (Wildman–Crippen MR) is 131 cm³/mol. The van der Waals surface area contributed by atoms with Gasteiger partial charge < -0.3 is 15.7 Å². The van der Waals surface area contributed by atoms with Gasteiger partial charge in [-0.2, -0.15) is 0 Å². The van der Waals surface area contributed by atoms with Crippen molar-refractivity contribution in [1.82, 2.24) is 14.4 Å². The van der Waals surface area contributed by atoms with E-state index < -0.39 is 5.82 Å². The molecule has 0 bridgehead atoms. The highest BCUT2D eigenvalue weighted by Crippen LogP contribution is 2.39. The number of imidazole rings is 1. The lowest BCUT2D eigenvalue weighted by Gasteiger charge is -2.37. The maximum atomic E-state index is 14.7. The number of aryl methyl sites for hydroxylation is 1. The van der Waals surface area contributed by atoms with Gasteiger partial charge in [-0.25, -0.2) is 19.2 Å². The van der Waals surface area contributed by atoms with Crippen LogP contribution in [-0.4, -0.2) is 38.1 Å². The molecule has 8 heteroatoms. The van der Waals surface area contributed by atoms with Crippen LogP contribution < -0.4 is 10.6 Å². The summed E-state index contributed by atoms with van der Waals surface area (Å²) in [5, 5.41) is 10.4. The van der Waals surface area contributed by atoms with Gasteiger partial charge in [0.25, 0.3) is 0 Å². The third kappa shape index (κ3) is 3.74. The zero-order valence-electron chi connectivity index (χ0n) is 19.1. The summed E-state index contributed by atoms with van der Waals surface area (Å²) >= 11 is 0. The summed E-state index contributed by atoms with van der Waals surface area (Å²) in [7, 11) is 0. The summed E-state index contributed by atoms with van der Waals surface area (Å²) in [5.74, 6) is 0.256. The topological polar surface area (TPSA) is 84.0 Å². The third-order valence-corrected chi connectivity index (χ3v) is 6.56. The lowest BCUT2D eigenvalue weighted by atomic mass is 9.91. The maximum absolute atomic E-state index is 14.7. The van der Waals surface area contributed by atoms with E-state index >= 15 is 0 Å². The van der Waals surface area contributed by atoms with E-state index in [1.54, 1.807) is 18.3 Å². The second kappa shape index (κ2) is 8.12. The van der Waals surface area contributed by atoms with Crippen LogP contribution in [0.1, 0.15) is 25.3 Å². The molecule has 0 amide bonds. The zero-order valence-corrected chi connectivity index (χ0v) is 19.1. The number of rotatable bonds is 3. The molecule has 0 aliphatic carbocycles. The summed E-state index contributed by atoms with van der Waals surface area (Å²) in [6, 6.07) is 9.91. The number of hydrogen-bond donors (Lipinski definition) is 2. The quantitative estimate of drug-likeness (QED) is 0.420. The van der Waals surface area contributed by atoms with Crippen molar-refractivity contribution in [2.24, 2.45) is 5.73 Å². The van der Waals surface area contributed by atoms with Gasteiger partial charge in [0.2, 0.25) is 11.6 Å². The first-order valence-corrected chi connectivity index (χ1v) is 11.2. The van der Waals surface area contributed by atoms with Gasteiger partial charge in [-0.1, -0.05) is 24.3 Å². The molecule has 0 atom stereocenters. The molecule has 1 saturated heterocycles. The Morgan fingerprint density at radius 3 is 2.56 bits per heavy atom. The summed E-state index contributed by atoms with van der Waals surface area (Å²) in [6.45, 7) is 12.5. The molecule has 0 radical (unpaired) electrons. The highest BCUT2D eigenvalue weighted by molar-refractivity contribution is 5.91. The average Bonchev–Trinajstić information content (AvgIpc) is 3.30. The Kier molecular flexibility index (Phi) is 5.22. The molecule has 2 aromatic heterocycles. The number of benzene rings is 2. The van der Waals surface area contributed by atoms with Gasteiger partial charge in [-0.15, -0.1) is 0 Å². The number of nitrogens with zero attached hydrogens (tertiary/aromatic N) is 5. The van der Waals surface area contributed by atoms with Crippen molar-refractivity contribution in [3.63, 3.8) is 0 Å². The number of fused-ring (bicyclic) bond motifs is 1. The zero-order chi connectivity index (χ0) is 24.0. The Morgan fingerprint density at radius 1 is 1.15 bits per heavy atom. The van der Waals surface area contributed by atoms with Crippen LogP contribution in [0.3, 0.4) is 0 Å². The molecule has 5 rings (SSSR count).